The van der Waals surface area contributed by atoms with Crippen molar-refractivity contribution < 1.29 is 19.4 Å². The lowest BCUT2D eigenvalue weighted by molar-refractivity contribution is 0.0939. The summed E-state index contributed by atoms with van der Waals surface area (Å²) in [5.41, 5.74) is 4.89. The van der Waals surface area contributed by atoms with Crippen LogP contribution in [0.25, 0.3) is 0 Å². The van der Waals surface area contributed by atoms with Gasteiger partial charge in [0.1, 0.15) is 11.4 Å². The Bertz CT molecular complexity index is 394. The van der Waals surface area contributed by atoms with Crippen molar-refractivity contribution in [3.63, 3.8) is 0 Å². The number of amides is 2. The molecule has 0 spiro atoms. The molecule has 7 nitrogen and oxygen atoms in total. The first-order valence-corrected chi connectivity index (χ1v) is 4.46. The van der Waals surface area contributed by atoms with Gasteiger partial charge in [0.2, 0.25) is 0 Å². The van der Waals surface area contributed by atoms with Crippen LogP contribution in [0.3, 0.4) is 0 Å². The molecule has 1 rings (SSSR count). The molecule has 0 saturated heterocycles. The number of nitrogens with zero attached hydrogens (tertiary/aromatic N) is 1. The van der Waals surface area contributed by atoms with Crippen molar-refractivity contribution in [2.45, 2.75) is 0 Å². The van der Waals surface area contributed by atoms with Gasteiger partial charge >= 0.3 is 6.09 Å². The van der Waals surface area contributed by atoms with E-state index in [9.17, 15) is 9.59 Å². The van der Waals surface area contributed by atoms with Gasteiger partial charge in [0, 0.05) is 18.8 Å². The highest BCUT2D eigenvalue weighted by molar-refractivity contribution is 5.92. The van der Waals surface area contributed by atoms with Gasteiger partial charge in [-0.25, -0.2) is 4.79 Å². The minimum absolute atomic E-state index is 0.0761. The van der Waals surface area contributed by atoms with Crippen molar-refractivity contribution in [3.05, 3.63) is 24.0 Å². The Balaban J connectivity index is 2.73. The fraction of sp³-hybridized carbons (Fsp3) is 0.222. The summed E-state index contributed by atoms with van der Waals surface area (Å²) in [5, 5.41) is 10.9. The zero-order chi connectivity index (χ0) is 12.0. The first kappa shape index (κ1) is 11.9. The summed E-state index contributed by atoms with van der Waals surface area (Å²) in [6.07, 6.45) is 0.347. The lowest BCUT2D eigenvalue weighted by atomic mass is 10.3. The van der Waals surface area contributed by atoms with Crippen LogP contribution < -0.4 is 15.8 Å². The number of carbonyl (C=O) groups excluding carboxylic acids is 2. The third-order valence-corrected chi connectivity index (χ3v) is 1.58. The molecule has 0 aliphatic rings. The van der Waals surface area contributed by atoms with Crippen LogP contribution >= 0.6 is 0 Å². The third-order valence-electron chi connectivity index (χ3n) is 1.58. The van der Waals surface area contributed by atoms with Gasteiger partial charge in [-0.05, 0) is 6.07 Å². The number of nitrogens with two attached hydrogens (primary N) is 1. The largest absolute Gasteiger partial charge is 0.410 e. The van der Waals surface area contributed by atoms with Crippen LogP contribution in [0.5, 0.6) is 5.75 Å². The molecule has 0 aliphatic heterocycles. The van der Waals surface area contributed by atoms with Crippen LogP contribution in [0.15, 0.2) is 18.3 Å². The number of aliphatic hydroxyl groups is 1. The van der Waals surface area contributed by atoms with Crippen molar-refractivity contribution in [3.8, 4) is 5.75 Å². The molecular formula is C9H11N3O4. The van der Waals surface area contributed by atoms with Gasteiger partial charge in [0.25, 0.3) is 5.91 Å². The Morgan fingerprint density at radius 2 is 2.31 bits per heavy atom. The highest BCUT2D eigenvalue weighted by Gasteiger charge is 2.08. The van der Waals surface area contributed by atoms with Crippen LogP contribution in [-0.2, 0) is 0 Å². The van der Waals surface area contributed by atoms with Gasteiger partial charge in [0.05, 0.1) is 6.61 Å². The molecule has 0 aliphatic carbocycles. The average Bonchev–Trinajstić information content (AvgIpc) is 2.25. The Labute approximate surface area is 91.2 Å². The highest BCUT2D eigenvalue weighted by Crippen LogP contribution is 2.10. The van der Waals surface area contributed by atoms with E-state index in [4.69, 9.17) is 10.8 Å². The third kappa shape index (κ3) is 3.54. The Morgan fingerprint density at radius 3 is 2.94 bits per heavy atom. The molecule has 0 aromatic carbocycles. The van der Waals surface area contributed by atoms with E-state index in [1.54, 1.807) is 0 Å². The summed E-state index contributed by atoms with van der Waals surface area (Å²) < 4.78 is 4.58. The number of rotatable bonds is 4. The minimum atomic E-state index is -0.965. The number of ether oxygens (including phenoxy) is 1. The van der Waals surface area contributed by atoms with E-state index in [-0.39, 0.29) is 24.6 Å². The summed E-state index contributed by atoms with van der Waals surface area (Å²) >= 11 is 0. The fourth-order valence-corrected chi connectivity index (χ4v) is 0.975. The molecule has 7 heteroatoms. The first-order chi connectivity index (χ1) is 7.63. The van der Waals surface area contributed by atoms with E-state index in [0.29, 0.717) is 0 Å². The monoisotopic (exact) mass is 225 g/mol. The summed E-state index contributed by atoms with van der Waals surface area (Å²) in [6.45, 7) is -0.0371. The van der Waals surface area contributed by atoms with Gasteiger partial charge in [-0.15, -0.1) is 0 Å². The fourth-order valence-electron chi connectivity index (χ4n) is 0.975. The summed E-state index contributed by atoms with van der Waals surface area (Å²) in [5.74, 6) is -0.333. The minimum Gasteiger partial charge on any atom is -0.410 e. The number of carbonyl (C=O) groups is 2. The summed E-state index contributed by atoms with van der Waals surface area (Å²) in [7, 11) is 0. The molecule has 0 atom stereocenters. The molecule has 4 N–H and O–H groups in total. The van der Waals surface area contributed by atoms with E-state index in [1.165, 1.54) is 18.3 Å². The lowest BCUT2D eigenvalue weighted by Crippen LogP contribution is -2.27. The van der Waals surface area contributed by atoms with Crippen LogP contribution in [-0.4, -0.2) is 35.2 Å². The average molecular weight is 225 g/mol. The normalized spacial score (nSPS) is 9.56. The molecule has 2 amide bonds. The number of hydrogen-bond donors (Lipinski definition) is 3. The molecule has 1 heterocycles. The predicted molar refractivity (Wildman–Crippen MR) is 53.9 cm³/mol. The smallest absolute Gasteiger partial charge is 0.409 e. The van der Waals surface area contributed by atoms with Gasteiger partial charge in [-0.2, -0.15) is 0 Å². The molecule has 0 fully saturated rings. The molecule has 0 unspecified atom stereocenters. The molecular weight excluding hydrogens is 214 g/mol. The summed E-state index contributed by atoms with van der Waals surface area (Å²) in [6, 6.07) is 2.67. The standard InChI is InChI=1S/C9H11N3O4/c10-9(15)16-6-1-2-11-7(5-6)8(14)12-3-4-13/h1-2,5,13H,3-4H2,(H2,10,15)(H,12,14). The summed E-state index contributed by atoms with van der Waals surface area (Å²) in [4.78, 5) is 25.6. The van der Waals surface area contributed by atoms with E-state index in [2.05, 4.69) is 15.0 Å². The van der Waals surface area contributed by atoms with Crippen molar-refractivity contribution in [1.82, 2.24) is 10.3 Å². The molecule has 16 heavy (non-hydrogen) atoms. The number of hydrogen-bond acceptors (Lipinski definition) is 5. The van der Waals surface area contributed by atoms with Crippen LogP contribution in [0.2, 0.25) is 0 Å². The quantitative estimate of drug-likeness (QED) is 0.624. The molecule has 86 valence electrons. The first-order valence-electron chi connectivity index (χ1n) is 4.46. The predicted octanol–water partition coefficient (Wildman–Crippen LogP) is -0.739. The van der Waals surface area contributed by atoms with E-state index in [0.717, 1.165) is 0 Å². The molecule has 0 bridgehead atoms. The number of pyridine rings is 1. The van der Waals surface area contributed by atoms with Gasteiger partial charge in [-0.3, -0.25) is 9.78 Å². The zero-order valence-electron chi connectivity index (χ0n) is 8.34. The second-order valence-electron chi connectivity index (χ2n) is 2.78. The van der Waals surface area contributed by atoms with E-state index in [1.807, 2.05) is 0 Å². The van der Waals surface area contributed by atoms with Crippen molar-refractivity contribution in [1.29, 1.82) is 0 Å². The van der Waals surface area contributed by atoms with Crippen LogP contribution in [0, 0.1) is 0 Å². The highest BCUT2D eigenvalue weighted by atomic mass is 16.5. The number of primary amides is 1. The van der Waals surface area contributed by atoms with Gasteiger partial charge < -0.3 is 20.9 Å². The zero-order valence-corrected chi connectivity index (χ0v) is 8.34. The van der Waals surface area contributed by atoms with E-state index >= 15 is 0 Å². The molecule has 1 aromatic heterocycles. The SMILES string of the molecule is NC(=O)Oc1ccnc(C(=O)NCCO)c1. The molecule has 0 radical (unpaired) electrons. The lowest BCUT2D eigenvalue weighted by Gasteiger charge is -2.04. The Kier molecular flexibility index (Phi) is 4.22. The Hall–Kier alpha value is -2.15. The van der Waals surface area contributed by atoms with Crippen molar-refractivity contribution in [2.75, 3.05) is 13.2 Å². The van der Waals surface area contributed by atoms with Crippen LogP contribution in [0.1, 0.15) is 10.5 Å². The van der Waals surface area contributed by atoms with Gasteiger partial charge in [0.15, 0.2) is 0 Å². The molecule has 0 saturated carbocycles. The van der Waals surface area contributed by atoms with Crippen LogP contribution in [0.4, 0.5) is 4.79 Å². The second kappa shape index (κ2) is 5.66. The number of nitrogens with one attached hydrogen (secondary N) is 1. The van der Waals surface area contributed by atoms with Crippen molar-refractivity contribution in [2.24, 2.45) is 5.73 Å². The maximum absolute atomic E-state index is 11.4. The number of aliphatic hydroxyl groups excluding tert-OH is 1. The second-order valence-corrected chi connectivity index (χ2v) is 2.78. The Morgan fingerprint density at radius 1 is 1.56 bits per heavy atom. The van der Waals surface area contributed by atoms with E-state index < -0.39 is 12.0 Å². The molecule has 1 aromatic rings. The topological polar surface area (TPSA) is 115 Å². The van der Waals surface area contributed by atoms with Gasteiger partial charge in [-0.1, -0.05) is 0 Å². The number of aromatic nitrogens is 1. The maximum Gasteiger partial charge on any atom is 0.409 e. The maximum atomic E-state index is 11.4. The van der Waals surface area contributed by atoms with Crippen molar-refractivity contribution >= 4 is 12.0 Å².